The number of rotatable bonds is 3. The molecular formula is C13H11BrClN3O2. The summed E-state index contributed by atoms with van der Waals surface area (Å²) in [6, 6.07) is 8.08. The number of nitrogens with zero attached hydrogens (tertiary/aromatic N) is 1. The Hall–Kier alpha value is -1.79. The van der Waals surface area contributed by atoms with E-state index in [1.54, 1.807) is 30.3 Å². The Balaban J connectivity index is 2.13. The Labute approximate surface area is 128 Å². The lowest BCUT2D eigenvalue weighted by molar-refractivity contribution is -0.116. The highest BCUT2D eigenvalue weighted by molar-refractivity contribution is 9.10. The summed E-state index contributed by atoms with van der Waals surface area (Å²) in [5.74, 6) is -0.350. The maximum absolute atomic E-state index is 11.9. The highest BCUT2D eigenvalue weighted by Gasteiger charge is 2.08. The Morgan fingerprint density at radius 1 is 1.40 bits per heavy atom. The van der Waals surface area contributed by atoms with E-state index in [2.05, 4.69) is 21.2 Å². The van der Waals surface area contributed by atoms with Crippen LogP contribution in [0, 0.1) is 0 Å². The van der Waals surface area contributed by atoms with Crippen LogP contribution in [0.1, 0.15) is 0 Å². The molecule has 2 rings (SSSR count). The van der Waals surface area contributed by atoms with Gasteiger partial charge in [0.05, 0.1) is 15.2 Å². The normalized spacial score (nSPS) is 10.3. The molecule has 0 aliphatic carbocycles. The molecule has 2 aromatic rings. The highest BCUT2D eigenvalue weighted by Crippen LogP contribution is 2.23. The van der Waals surface area contributed by atoms with Gasteiger partial charge in [-0.15, -0.1) is 0 Å². The second-order valence-electron chi connectivity index (χ2n) is 4.08. The molecule has 3 N–H and O–H groups in total. The topological polar surface area (TPSA) is 77.1 Å². The predicted molar refractivity (Wildman–Crippen MR) is 82.9 cm³/mol. The van der Waals surface area contributed by atoms with Crippen LogP contribution in [0.15, 0.2) is 45.8 Å². The van der Waals surface area contributed by atoms with Gasteiger partial charge in [-0.25, -0.2) is 0 Å². The summed E-state index contributed by atoms with van der Waals surface area (Å²) in [4.78, 5) is 23.7. The molecule has 0 atom stereocenters. The molecule has 0 spiro atoms. The van der Waals surface area contributed by atoms with E-state index < -0.39 is 0 Å². The third-order valence-electron chi connectivity index (χ3n) is 2.55. The van der Waals surface area contributed by atoms with Crippen molar-refractivity contribution in [2.24, 2.45) is 0 Å². The third kappa shape index (κ3) is 3.40. The summed E-state index contributed by atoms with van der Waals surface area (Å²) in [6.07, 6.45) is 1.54. The minimum absolute atomic E-state index is 0.0982. The van der Waals surface area contributed by atoms with Crippen LogP contribution in [0.2, 0.25) is 5.02 Å². The number of carbonyl (C=O) groups excluding carboxylic acids is 1. The lowest BCUT2D eigenvalue weighted by Gasteiger charge is -2.09. The van der Waals surface area contributed by atoms with E-state index in [9.17, 15) is 9.59 Å². The van der Waals surface area contributed by atoms with Gasteiger partial charge in [0.1, 0.15) is 6.54 Å². The van der Waals surface area contributed by atoms with Gasteiger partial charge in [-0.1, -0.05) is 11.6 Å². The van der Waals surface area contributed by atoms with Crippen molar-refractivity contribution in [1.29, 1.82) is 0 Å². The van der Waals surface area contributed by atoms with Crippen LogP contribution in [0.3, 0.4) is 0 Å². The zero-order valence-corrected chi connectivity index (χ0v) is 12.6. The minimum atomic E-state index is -0.350. The van der Waals surface area contributed by atoms with Crippen LogP contribution < -0.4 is 16.6 Å². The summed E-state index contributed by atoms with van der Waals surface area (Å²) in [5, 5.41) is 2.98. The maximum atomic E-state index is 11.9. The molecule has 1 amide bonds. The largest absolute Gasteiger partial charge is 0.399 e. The van der Waals surface area contributed by atoms with Crippen LogP contribution in [0.5, 0.6) is 0 Å². The van der Waals surface area contributed by atoms with Gasteiger partial charge in [0.25, 0.3) is 5.56 Å². The molecule has 0 unspecified atom stereocenters. The number of hydrogen-bond acceptors (Lipinski definition) is 3. The van der Waals surface area contributed by atoms with E-state index in [0.717, 1.165) is 0 Å². The van der Waals surface area contributed by atoms with E-state index >= 15 is 0 Å². The highest BCUT2D eigenvalue weighted by atomic mass is 79.9. The number of hydrogen-bond donors (Lipinski definition) is 2. The molecule has 0 saturated carbocycles. The summed E-state index contributed by atoms with van der Waals surface area (Å²) in [7, 11) is 0. The van der Waals surface area contributed by atoms with Crippen molar-refractivity contribution in [3.05, 3.63) is 56.4 Å². The summed E-state index contributed by atoms with van der Waals surface area (Å²) in [5.41, 5.74) is 6.26. The number of anilines is 2. The summed E-state index contributed by atoms with van der Waals surface area (Å²) < 4.78 is 1.70. The van der Waals surface area contributed by atoms with Crippen LogP contribution >= 0.6 is 27.5 Å². The van der Waals surface area contributed by atoms with Crippen molar-refractivity contribution < 1.29 is 4.79 Å². The molecular weight excluding hydrogens is 346 g/mol. The van der Waals surface area contributed by atoms with Crippen LogP contribution in [0.25, 0.3) is 0 Å². The quantitative estimate of drug-likeness (QED) is 0.830. The van der Waals surface area contributed by atoms with E-state index in [4.69, 9.17) is 17.3 Å². The predicted octanol–water partition coefficient (Wildman–Crippen LogP) is 2.49. The average Bonchev–Trinajstić information content (AvgIpc) is 2.38. The second-order valence-corrected chi connectivity index (χ2v) is 5.34. The first kappa shape index (κ1) is 14.6. The van der Waals surface area contributed by atoms with Gasteiger partial charge >= 0.3 is 0 Å². The van der Waals surface area contributed by atoms with Gasteiger partial charge in [0, 0.05) is 11.9 Å². The molecule has 104 valence electrons. The smallest absolute Gasteiger partial charge is 0.265 e. The number of nitrogens with one attached hydrogen (secondary N) is 1. The zero-order chi connectivity index (χ0) is 14.7. The SMILES string of the molecule is Nc1ccc(NC(=O)Cn2cccc(Br)c2=O)c(Cl)c1. The number of amides is 1. The van der Waals surface area contributed by atoms with Gasteiger partial charge in [-0.05, 0) is 46.3 Å². The minimum Gasteiger partial charge on any atom is -0.399 e. The van der Waals surface area contributed by atoms with E-state index in [-0.39, 0.29) is 18.0 Å². The molecule has 20 heavy (non-hydrogen) atoms. The fourth-order valence-electron chi connectivity index (χ4n) is 1.61. The first-order valence-electron chi connectivity index (χ1n) is 5.67. The van der Waals surface area contributed by atoms with Crippen molar-refractivity contribution in [2.75, 3.05) is 11.1 Å². The lowest BCUT2D eigenvalue weighted by atomic mass is 10.3. The first-order chi connectivity index (χ1) is 9.47. The van der Waals surface area contributed by atoms with Crippen molar-refractivity contribution in [3.8, 4) is 0 Å². The Kier molecular flexibility index (Phi) is 4.46. The Morgan fingerprint density at radius 2 is 2.15 bits per heavy atom. The van der Waals surface area contributed by atoms with Crippen molar-refractivity contribution >= 4 is 44.8 Å². The van der Waals surface area contributed by atoms with Crippen molar-refractivity contribution in [1.82, 2.24) is 4.57 Å². The van der Waals surface area contributed by atoms with Crippen LogP contribution in [-0.4, -0.2) is 10.5 Å². The molecule has 0 aliphatic rings. The van der Waals surface area contributed by atoms with E-state index in [0.29, 0.717) is 20.9 Å². The number of pyridine rings is 1. The summed E-state index contributed by atoms with van der Waals surface area (Å²) >= 11 is 9.08. The molecule has 1 heterocycles. The van der Waals surface area contributed by atoms with Crippen LogP contribution in [0.4, 0.5) is 11.4 Å². The molecule has 0 aliphatic heterocycles. The van der Waals surface area contributed by atoms with Gasteiger partial charge in [0.15, 0.2) is 0 Å². The van der Waals surface area contributed by atoms with Gasteiger partial charge < -0.3 is 15.6 Å². The summed E-state index contributed by atoms with van der Waals surface area (Å²) in [6.45, 7) is -0.0982. The van der Waals surface area contributed by atoms with Gasteiger partial charge in [-0.3, -0.25) is 9.59 Å². The third-order valence-corrected chi connectivity index (χ3v) is 3.47. The number of halogens is 2. The Bertz CT molecular complexity index is 715. The zero-order valence-electron chi connectivity index (χ0n) is 10.3. The molecule has 1 aromatic heterocycles. The lowest BCUT2D eigenvalue weighted by Crippen LogP contribution is -2.27. The maximum Gasteiger partial charge on any atom is 0.265 e. The number of carbonyl (C=O) groups is 1. The van der Waals surface area contributed by atoms with Crippen LogP contribution in [-0.2, 0) is 11.3 Å². The van der Waals surface area contributed by atoms with Crippen molar-refractivity contribution in [2.45, 2.75) is 6.54 Å². The Morgan fingerprint density at radius 3 is 2.85 bits per heavy atom. The van der Waals surface area contributed by atoms with E-state index in [1.807, 2.05) is 0 Å². The molecule has 0 bridgehead atoms. The molecule has 7 heteroatoms. The van der Waals surface area contributed by atoms with Crippen molar-refractivity contribution in [3.63, 3.8) is 0 Å². The molecule has 0 saturated heterocycles. The van der Waals surface area contributed by atoms with Gasteiger partial charge in [0.2, 0.25) is 5.91 Å². The van der Waals surface area contributed by atoms with Gasteiger partial charge in [-0.2, -0.15) is 0 Å². The molecule has 5 nitrogen and oxygen atoms in total. The first-order valence-corrected chi connectivity index (χ1v) is 6.84. The fraction of sp³-hybridized carbons (Fsp3) is 0.0769. The molecule has 1 aromatic carbocycles. The fourth-order valence-corrected chi connectivity index (χ4v) is 2.23. The number of nitrogen functional groups attached to an aromatic ring is 1. The average molecular weight is 357 g/mol. The van der Waals surface area contributed by atoms with E-state index in [1.165, 1.54) is 10.8 Å². The standard InChI is InChI=1S/C13H11BrClN3O2/c14-9-2-1-5-18(13(9)20)7-12(19)17-11-4-3-8(16)6-10(11)15/h1-6H,7,16H2,(H,17,19). The molecule has 0 fully saturated rings. The number of benzene rings is 1. The number of nitrogens with two attached hydrogens (primary N) is 1. The monoisotopic (exact) mass is 355 g/mol. The number of aromatic nitrogens is 1. The second kappa shape index (κ2) is 6.11. The molecule has 0 radical (unpaired) electrons.